The van der Waals surface area contributed by atoms with E-state index in [-0.39, 0.29) is 11.2 Å². The average Bonchev–Trinajstić information content (AvgIpc) is 2.21. The van der Waals surface area contributed by atoms with Gasteiger partial charge in [0.25, 0.3) is 0 Å². The molecule has 74 valence electrons. The van der Waals surface area contributed by atoms with Crippen molar-refractivity contribution in [1.29, 1.82) is 0 Å². The molecule has 4 heteroatoms. The van der Waals surface area contributed by atoms with Gasteiger partial charge in [-0.15, -0.1) is 11.8 Å². The van der Waals surface area contributed by atoms with Crippen molar-refractivity contribution in [1.82, 2.24) is 0 Å². The molecule has 1 unspecified atom stereocenters. The first-order valence-electron chi connectivity index (χ1n) is 4.28. The van der Waals surface area contributed by atoms with E-state index in [2.05, 4.69) is 0 Å². The Morgan fingerprint density at radius 2 is 2.07 bits per heavy atom. The summed E-state index contributed by atoms with van der Waals surface area (Å²) in [4.78, 5) is 10.8. The Morgan fingerprint density at radius 1 is 1.36 bits per heavy atom. The molecule has 1 heterocycles. The van der Waals surface area contributed by atoms with Crippen LogP contribution < -0.4 is 0 Å². The molecule has 1 aliphatic rings. The number of thioether (sulfide) groups is 1. The maximum Gasteiger partial charge on any atom is 0.315 e. The number of ether oxygens (including phenoxy) is 1. The predicted octanol–water partition coefficient (Wildman–Crippen LogP) is 2.67. The van der Waals surface area contributed by atoms with E-state index < -0.39 is 0 Å². The molecule has 0 amide bonds. The van der Waals surface area contributed by atoms with Crippen LogP contribution in [0.25, 0.3) is 0 Å². The minimum absolute atomic E-state index is 0.125. The summed E-state index contributed by atoms with van der Waals surface area (Å²) in [6.07, 6.45) is 0. The van der Waals surface area contributed by atoms with Crippen LogP contribution in [0.1, 0.15) is 10.8 Å². The van der Waals surface area contributed by atoms with Crippen molar-refractivity contribution < 1.29 is 9.53 Å². The van der Waals surface area contributed by atoms with Gasteiger partial charge in [-0.25, -0.2) is 0 Å². The van der Waals surface area contributed by atoms with E-state index in [0.29, 0.717) is 12.4 Å². The lowest BCUT2D eigenvalue weighted by Gasteiger charge is -2.21. The van der Waals surface area contributed by atoms with Gasteiger partial charge in [0.15, 0.2) is 0 Å². The highest BCUT2D eigenvalue weighted by atomic mass is 35.5. The molecule has 0 spiro atoms. The second kappa shape index (κ2) is 4.24. The summed E-state index contributed by atoms with van der Waals surface area (Å²) in [6, 6.07) is 7.65. The molecule has 1 fully saturated rings. The first-order valence-corrected chi connectivity index (χ1v) is 5.71. The molecule has 2 nitrogen and oxygen atoms in total. The molecule has 1 aromatic rings. The highest BCUT2D eigenvalue weighted by Gasteiger charge is 2.21. The average molecular weight is 229 g/mol. The fourth-order valence-corrected chi connectivity index (χ4v) is 2.36. The molecule has 1 atom stereocenters. The summed E-state index contributed by atoms with van der Waals surface area (Å²) in [6.45, 7) is 0.463. The second-order valence-corrected chi connectivity index (χ2v) is 4.66. The zero-order valence-corrected chi connectivity index (χ0v) is 8.98. The molecule has 0 saturated carbocycles. The predicted molar refractivity (Wildman–Crippen MR) is 57.6 cm³/mol. The van der Waals surface area contributed by atoms with Crippen molar-refractivity contribution in [3.8, 4) is 0 Å². The minimum Gasteiger partial charge on any atom is -0.464 e. The van der Waals surface area contributed by atoms with E-state index in [0.717, 1.165) is 10.6 Å². The lowest BCUT2D eigenvalue weighted by molar-refractivity contribution is -0.141. The van der Waals surface area contributed by atoms with Gasteiger partial charge in [-0.1, -0.05) is 23.7 Å². The van der Waals surface area contributed by atoms with Gasteiger partial charge in [0, 0.05) is 5.02 Å². The Morgan fingerprint density at radius 3 is 2.64 bits per heavy atom. The smallest absolute Gasteiger partial charge is 0.315 e. The van der Waals surface area contributed by atoms with Crippen LogP contribution >= 0.6 is 23.4 Å². The maximum atomic E-state index is 10.8. The first kappa shape index (κ1) is 9.87. The van der Waals surface area contributed by atoms with Crippen LogP contribution in [0.15, 0.2) is 24.3 Å². The molecule has 14 heavy (non-hydrogen) atoms. The maximum absolute atomic E-state index is 10.8. The van der Waals surface area contributed by atoms with Crippen molar-refractivity contribution in [3.63, 3.8) is 0 Å². The van der Waals surface area contributed by atoms with Gasteiger partial charge >= 0.3 is 5.97 Å². The standard InChI is InChI=1S/C10H9ClO2S/c11-8-3-1-7(2-4-8)9-5-13-10(12)6-14-9/h1-4,9H,5-6H2. The zero-order valence-electron chi connectivity index (χ0n) is 7.40. The number of carbonyl (C=O) groups excluding carboxylic acids is 1. The topological polar surface area (TPSA) is 26.3 Å². The fraction of sp³-hybridized carbons (Fsp3) is 0.300. The van der Waals surface area contributed by atoms with Crippen molar-refractivity contribution in [2.45, 2.75) is 5.25 Å². The number of hydrogen-bond acceptors (Lipinski definition) is 3. The summed E-state index contributed by atoms with van der Waals surface area (Å²) >= 11 is 7.39. The number of hydrogen-bond donors (Lipinski definition) is 0. The summed E-state index contributed by atoms with van der Waals surface area (Å²) < 4.78 is 4.98. The number of halogens is 1. The van der Waals surface area contributed by atoms with Crippen LogP contribution in [-0.4, -0.2) is 18.3 Å². The van der Waals surface area contributed by atoms with E-state index in [1.165, 1.54) is 0 Å². The minimum atomic E-state index is -0.125. The van der Waals surface area contributed by atoms with E-state index >= 15 is 0 Å². The monoisotopic (exact) mass is 228 g/mol. The fourth-order valence-electron chi connectivity index (χ4n) is 1.30. The van der Waals surface area contributed by atoms with Gasteiger partial charge in [0.1, 0.15) is 6.61 Å². The molecule has 1 saturated heterocycles. The highest BCUT2D eigenvalue weighted by Crippen LogP contribution is 2.32. The molecule has 0 aromatic heterocycles. The van der Waals surface area contributed by atoms with E-state index in [4.69, 9.17) is 16.3 Å². The third-order valence-electron chi connectivity index (χ3n) is 2.04. The first-order chi connectivity index (χ1) is 6.75. The van der Waals surface area contributed by atoms with Gasteiger partial charge in [-0.3, -0.25) is 4.79 Å². The molecule has 0 N–H and O–H groups in total. The highest BCUT2D eigenvalue weighted by molar-refractivity contribution is 8.00. The number of rotatable bonds is 1. The van der Waals surface area contributed by atoms with E-state index in [1.54, 1.807) is 11.8 Å². The molecule has 0 aliphatic carbocycles. The Labute approximate surface area is 91.6 Å². The summed E-state index contributed by atoms with van der Waals surface area (Å²) in [7, 11) is 0. The Kier molecular flexibility index (Phi) is 2.99. The van der Waals surface area contributed by atoms with Crippen molar-refractivity contribution in [3.05, 3.63) is 34.9 Å². The number of carbonyl (C=O) groups is 1. The third-order valence-corrected chi connectivity index (χ3v) is 3.50. The van der Waals surface area contributed by atoms with Crippen molar-refractivity contribution >= 4 is 29.3 Å². The van der Waals surface area contributed by atoms with Crippen molar-refractivity contribution in [2.24, 2.45) is 0 Å². The summed E-state index contributed by atoms with van der Waals surface area (Å²) in [5.74, 6) is 0.313. The van der Waals surface area contributed by atoms with Crippen LogP contribution in [0.5, 0.6) is 0 Å². The second-order valence-electron chi connectivity index (χ2n) is 3.03. The van der Waals surface area contributed by atoms with Gasteiger partial charge in [0.05, 0.1) is 11.0 Å². The van der Waals surface area contributed by atoms with Gasteiger partial charge in [-0.2, -0.15) is 0 Å². The van der Waals surface area contributed by atoms with E-state index in [9.17, 15) is 4.79 Å². The summed E-state index contributed by atoms with van der Waals surface area (Å²) in [5.41, 5.74) is 1.16. The van der Waals surface area contributed by atoms with Crippen LogP contribution in [0.4, 0.5) is 0 Å². The zero-order chi connectivity index (χ0) is 9.97. The Balaban J connectivity index is 2.08. The molecule has 1 aromatic carbocycles. The van der Waals surface area contributed by atoms with Crippen LogP contribution in [0, 0.1) is 0 Å². The van der Waals surface area contributed by atoms with Gasteiger partial charge in [0.2, 0.25) is 0 Å². The quantitative estimate of drug-likeness (QED) is 0.692. The number of benzene rings is 1. The molecule has 1 aliphatic heterocycles. The van der Waals surface area contributed by atoms with Gasteiger partial charge < -0.3 is 4.74 Å². The normalized spacial score (nSPS) is 21.8. The lowest BCUT2D eigenvalue weighted by atomic mass is 10.1. The molecule has 0 radical (unpaired) electrons. The molecule has 0 bridgehead atoms. The van der Waals surface area contributed by atoms with E-state index in [1.807, 2.05) is 24.3 Å². The number of cyclic esters (lactones) is 1. The Bertz CT molecular complexity index is 326. The van der Waals surface area contributed by atoms with Crippen LogP contribution in [0.2, 0.25) is 5.02 Å². The molecule has 2 rings (SSSR count). The van der Waals surface area contributed by atoms with Gasteiger partial charge in [-0.05, 0) is 17.7 Å². The molecular formula is C10H9ClO2S. The lowest BCUT2D eigenvalue weighted by Crippen LogP contribution is -2.19. The van der Waals surface area contributed by atoms with Crippen molar-refractivity contribution in [2.75, 3.05) is 12.4 Å². The SMILES string of the molecule is O=C1CSC(c2ccc(Cl)cc2)CO1. The van der Waals surface area contributed by atoms with Crippen LogP contribution in [-0.2, 0) is 9.53 Å². The molecular weight excluding hydrogens is 220 g/mol. The largest absolute Gasteiger partial charge is 0.464 e. The van der Waals surface area contributed by atoms with Crippen LogP contribution in [0.3, 0.4) is 0 Å². The summed E-state index contributed by atoms with van der Waals surface area (Å²) in [5, 5.41) is 0.983. The Hall–Kier alpha value is -0.670. The third kappa shape index (κ3) is 2.22. The number of esters is 1.